The molecule has 1 heterocycles. The monoisotopic (exact) mass is 281 g/mol. The van der Waals surface area contributed by atoms with Crippen molar-refractivity contribution in [1.82, 2.24) is 4.98 Å². The normalized spacial score (nSPS) is 10.7. The molecule has 0 aliphatic carbocycles. The van der Waals surface area contributed by atoms with E-state index < -0.39 is 0 Å². The van der Waals surface area contributed by atoms with Gasteiger partial charge in [-0.15, -0.1) is 0 Å². The average molecular weight is 282 g/mol. The van der Waals surface area contributed by atoms with Gasteiger partial charge in [-0.25, -0.2) is 4.79 Å². The molecule has 0 radical (unpaired) electrons. The van der Waals surface area contributed by atoms with E-state index in [1.54, 1.807) is 6.07 Å². The summed E-state index contributed by atoms with van der Waals surface area (Å²) >= 11 is 3.48. The Morgan fingerprint density at radius 3 is 2.88 bits per heavy atom. The minimum absolute atomic E-state index is 0.304. The number of rotatable bonds is 2. The van der Waals surface area contributed by atoms with Gasteiger partial charge in [0.05, 0.1) is 17.3 Å². The Morgan fingerprint density at radius 1 is 1.50 bits per heavy atom. The molecule has 0 aliphatic heterocycles. The molecule has 0 bridgehead atoms. The summed E-state index contributed by atoms with van der Waals surface area (Å²) in [4.78, 5) is 14.6. The highest BCUT2D eigenvalue weighted by Crippen LogP contribution is 2.27. The maximum Gasteiger partial charge on any atom is 0.337 e. The number of ether oxygens (including phenoxy) is 1. The van der Waals surface area contributed by atoms with Crippen LogP contribution in [0.5, 0.6) is 0 Å². The van der Waals surface area contributed by atoms with Crippen LogP contribution in [0.2, 0.25) is 0 Å². The van der Waals surface area contributed by atoms with Crippen molar-refractivity contribution < 1.29 is 9.53 Å². The van der Waals surface area contributed by atoms with Crippen LogP contribution in [-0.4, -0.2) is 18.1 Å². The van der Waals surface area contributed by atoms with E-state index in [2.05, 4.69) is 27.8 Å². The number of esters is 1. The summed E-state index contributed by atoms with van der Waals surface area (Å²) < 4.78 is 5.68. The average Bonchev–Trinajstić information content (AvgIpc) is 2.62. The van der Waals surface area contributed by atoms with Crippen molar-refractivity contribution in [2.45, 2.75) is 13.3 Å². The largest absolute Gasteiger partial charge is 0.465 e. The third-order valence-electron chi connectivity index (χ3n) is 2.63. The van der Waals surface area contributed by atoms with Crippen LogP contribution in [0, 0.1) is 0 Å². The van der Waals surface area contributed by atoms with Crippen molar-refractivity contribution in [3.63, 3.8) is 0 Å². The third kappa shape index (κ3) is 1.73. The second-order valence-corrected chi connectivity index (χ2v) is 4.32. The molecule has 4 heteroatoms. The molecular weight excluding hydrogens is 270 g/mol. The first-order valence-electron chi connectivity index (χ1n) is 5.05. The van der Waals surface area contributed by atoms with Gasteiger partial charge in [-0.05, 0) is 46.1 Å². The Labute approximate surface area is 102 Å². The Bertz CT molecular complexity index is 545. The van der Waals surface area contributed by atoms with Gasteiger partial charge in [0, 0.05) is 10.9 Å². The summed E-state index contributed by atoms with van der Waals surface area (Å²) in [5.41, 5.74) is 2.79. The Hall–Kier alpha value is -1.29. The summed E-state index contributed by atoms with van der Waals surface area (Å²) in [6.45, 7) is 2.08. The predicted octanol–water partition coefficient (Wildman–Crippen LogP) is 3.28. The lowest BCUT2D eigenvalue weighted by atomic mass is 10.1. The van der Waals surface area contributed by atoms with Crippen LogP contribution in [0.4, 0.5) is 0 Å². The SMILES string of the molecule is CCc1c(Br)[nH]c2ccc(C(=O)OC)cc12. The van der Waals surface area contributed by atoms with Crippen LogP contribution in [0.1, 0.15) is 22.8 Å². The molecule has 1 aromatic carbocycles. The molecule has 0 unspecified atom stereocenters. The van der Waals surface area contributed by atoms with E-state index >= 15 is 0 Å². The maximum atomic E-state index is 11.4. The van der Waals surface area contributed by atoms with Crippen LogP contribution in [0.15, 0.2) is 22.8 Å². The zero-order chi connectivity index (χ0) is 11.7. The van der Waals surface area contributed by atoms with Crippen LogP contribution < -0.4 is 0 Å². The second kappa shape index (κ2) is 4.29. The number of aromatic amines is 1. The van der Waals surface area contributed by atoms with E-state index in [0.717, 1.165) is 21.9 Å². The molecule has 0 atom stereocenters. The number of halogens is 1. The van der Waals surface area contributed by atoms with Gasteiger partial charge in [0.1, 0.15) is 0 Å². The quantitative estimate of drug-likeness (QED) is 0.859. The van der Waals surface area contributed by atoms with E-state index in [9.17, 15) is 4.79 Å². The van der Waals surface area contributed by atoms with Gasteiger partial charge < -0.3 is 9.72 Å². The molecule has 0 saturated heterocycles. The number of benzene rings is 1. The van der Waals surface area contributed by atoms with Crippen molar-refractivity contribution in [2.75, 3.05) is 7.11 Å². The summed E-state index contributed by atoms with van der Waals surface area (Å²) in [6, 6.07) is 5.52. The number of methoxy groups -OCH3 is 1. The Balaban J connectivity index is 2.64. The first-order valence-corrected chi connectivity index (χ1v) is 5.85. The third-order valence-corrected chi connectivity index (χ3v) is 3.31. The van der Waals surface area contributed by atoms with Gasteiger partial charge in [0.2, 0.25) is 0 Å². The lowest BCUT2D eigenvalue weighted by Gasteiger charge is -2.00. The number of carbonyl (C=O) groups is 1. The van der Waals surface area contributed by atoms with Gasteiger partial charge in [0.25, 0.3) is 0 Å². The zero-order valence-corrected chi connectivity index (χ0v) is 10.7. The minimum Gasteiger partial charge on any atom is -0.465 e. The molecule has 0 aliphatic rings. The molecular formula is C12H12BrNO2. The zero-order valence-electron chi connectivity index (χ0n) is 9.13. The van der Waals surface area contributed by atoms with Crippen LogP contribution in [0.25, 0.3) is 10.9 Å². The molecule has 2 rings (SSSR count). The number of aromatic nitrogens is 1. The standard InChI is InChI=1S/C12H12BrNO2/c1-3-8-9-6-7(12(15)16-2)4-5-10(9)14-11(8)13/h4-6,14H,3H2,1-2H3. The molecule has 0 saturated carbocycles. The first-order chi connectivity index (χ1) is 7.67. The molecule has 0 amide bonds. The number of fused-ring (bicyclic) bond motifs is 1. The molecule has 1 N–H and O–H groups in total. The van der Waals surface area contributed by atoms with E-state index in [1.807, 2.05) is 12.1 Å². The highest BCUT2D eigenvalue weighted by molar-refractivity contribution is 9.10. The summed E-state index contributed by atoms with van der Waals surface area (Å²) in [5, 5.41) is 1.07. The van der Waals surface area contributed by atoms with E-state index in [1.165, 1.54) is 12.7 Å². The summed E-state index contributed by atoms with van der Waals surface area (Å²) in [6.07, 6.45) is 0.908. The number of hydrogen-bond acceptors (Lipinski definition) is 2. The molecule has 3 nitrogen and oxygen atoms in total. The fourth-order valence-electron chi connectivity index (χ4n) is 1.81. The van der Waals surface area contributed by atoms with Gasteiger partial charge in [-0.1, -0.05) is 6.92 Å². The maximum absolute atomic E-state index is 11.4. The van der Waals surface area contributed by atoms with Gasteiger partial charge in [-0.3, -0.25) is 0 Å². The van der Waals surface area contributed by atoms with Crippen molar-refractivity contribution in [2.24, 2.45) is 0 Å². The Morgan fingerprint density at radius 2 is 2.25 bits per heavy atom. The smallest absolute Gasteiger partial charge is 0.337 e. The van der Waals surface area contributed by atoms with Crippen molar-refractivity contribution in [3.05, 3.63) is 33.9 Å². The molecule has 84 valence electrons. The predicted molar refractivity (Wildman–Crippen MR) is 66.7 cm³/mol. The molecule has 16 heavy (non-hydrogen) atoms. The van der Waals surface area contributed by atoms with Crippen LogP contribution >= 0.6 is 15.9 Å². The molecule has 1 aromatic heterocycles. The number of H-pyrrole nitrogens is 1. The number of aryl methyl sites for hydroxylation is 1. The number of hydrogen-bond donors (Lipinski definition) is 1. The van der Waals surface area contributed by atoms with Gasteiger partial charge in [-0.2, -0.15) is 0 Å². The van der Waals surface area contributed by atoms with Gasteiger partial charge >= 0.3 is 5.97 Å². The van der Waals surface area contributed by atoms with Crippen molar-refractivity contribution in [3.8, 4) is 0 Å². The number of nitrogens with one attached hydrogen (secondary N) is 1. The fourth-order valence-corrected chi connectivity index (χ4v) is 2.51. The van der Waals surface area contributed by atoms with Gasteiger partial charge in [0.15, 0.2) is 0 Å². The van der Waals surface area contributed by atoms with E-state index in [0.29, 0.717) is 5.56 Å². The van der Waals surface area contributed by atoms with Crippen LogP contribution in [0.3, 0.4) is 0 Å². The minimum atomic E-state index is -0.304. The van der Waals surface area contributed by atoms with E-state index in [4.69, 9.17) is 4.74 Å². The fraction of sp³-hybridized carbons (Fsp3) is 0.250. The van der Waals surface area contributed by atoms with Crippen molar-refractivity contribution in [1.29, 1.82) is 0 Å². The second-order valence-electron chi connectivity index (χ2n) is 3.52. The number of carbonyl (C=O) groups excluding carboxylic acids is 1. The highest BCUT2D eigenvalue weighted by Gasteiger charge is 2.11. The lowest BCUT2D eigenvalue weighted by molar-refractivity contribution is 0.0601. The molecule has 2 aromatic rings. The Kier molecular flexibility index (Phi) is 3.01. The molecule has 0 fully saturated rings. The summed E-state index contributed by atoms with van der Waals surface area (Å²) in [7, 11) is 1.39. The van der Waals surface area contributed by atoms with E-state index in [-0.39, 0.29) is 5.97 Å². The topological polar surface area (TPSA) is 42.1 Å². The lowest BCUT2D eigenvalue weighted by Crippen LogP contribution is -2.00. The summed E-state index contributed by atoms with van der Waals surface area (Å²) in [5.74, 6) is -0.304. The van der Waals surface area contributed by atoms with Crippen molar-refractivity contribution >= 4 is 32.8 Å². The first kappa shape index (κ1) is 11.2. The molecule has 0 spiro atoms. The highest BCUT2D eigenvalue weighted by atomic mass is 79.9. The van der Waals surface area contributed by atoms with Crippen LogP contribution in [-0.2, 0) is 11.2 Å².